The lowest BCUT2D eigenvalue weighted by Crippen LogP contribution is -2.31. The van der Waals surface area contributed by atoms with E-state index in [1.54, 1.807) is 24.3 Å². The van der Waals surface area contributed by atoms with Crippen molar-refractivity contribution in [1.29, 1.82) is 0 Å². The number of aromatic nitrogens is 2. The lowest BCUT2D eigenvalue weighted by molar-refractivity contribution is -0.137. The van der Waals surface area contributed by atoms with Crippen LogP contribution in [0.15, 0.2) is 48.5 Å². The maximum atomic E-state index is 14.5. The van der Waals surface area contributed by atoms with Crippen molar-refractivity contribution in [3.63, 3.8) is 0 Å². The third-order valence-corrected chi connectivity index (χ3v) is 5.47. The van der Waals surface area contributed by atoms with Gasteiger partial charge in [-0.3, -0.25) is 9.59 Å². The van der Waals surface area contributed by atoms with Gasteiger partial charge in [-0.05, 0) is 37.5 Å². The van der Waals surface area contributed by atoms with Crippen molar-refractivity contribution in [3.05, 3.63) is 76.9 Å². The molecule has 4 rings (SSSR count). The number of halogens is 1. The molecule has 166 valence electrons. The molecular formula is C24H24FN3O4. The molecule has 8 heteroatoms. The van der Waals surface area contributed by atoms with Gasteiger partial charge in [-0.2, -0.15) is 5.10 Å². The van der Waals surface area contributed by atoms with E-state index in [2.05, 4.69) is 10.4 Å². The van der Waals surface area contributed by atoms with Crippen LogP contribution in [0.4, 0.5) is 4.39 Å². The molecule has 1 aliphatic rings. The van der Waals surface area contributed by atoms with E-state index in [0.717, 1.165) is 18.4 Å². The van der Waals surface area contributed by atoms with Crippen LogP contribution in [-0.2, 0) is 4.79 Å². The number of benzene rings is 2. The molecule has 1 fully saturated rings. The van der Waals surface area contributed by atoms with Crippen molar-refractivity contribution < 1.29 is 23.8 Å². The molecule has 3 aromatic rings. The number of hydrogen-bond donors (Lipinski definition) is 2. The molecule has 0 aliphatic heterocycles. The van der Waals surface area contributed by atoms with Gasteiger partial charge < -0.3 is 15.2 Å². The summed E-state index contributed by atoms with van der Waals surface area (Å²) in [5.74, 6) is -1.68. The van der Waals surface area contributed by atoms with Crippen LogP contribution in [0.3, 0.4) is 0 Å². The molecule has 0 saturated heterocycles. The highest BCUT2D eigenvalue weighted by Gasteiger charge is 2.36. The summed E-state index contributed by atoms with van der Waals surface area (Å²) in [5.41, 5.74) is 2.50. The number of para-hydroxylation sites is 1. The predicted molar refractivity (Wildman–Crippen MR) is 116 cm³/mol. The van der Waals surface area contributed by atoms with E-state index < -0.39 is 23.7 Å². The third kappa shape index (κ3) is 4.34. The van der Waals surface area contributed by atoms with Crippen molar-refractivity contribution in [2.75, 3.05) is 7.11 Å². The zero-order chi connectivity index (χ0) is 22.8. The molecule has 2 N–H and O–H groups in total. The summed E-state index contributed by atoms with van der Waals surface area (Å²) in [6.07, 6.45) is 1.49. The van der Waals surface area contributed by atoms with Crippen molar-refractivity contribution in [3.8, 4) is 11.4 Å². The van der Waals surface area contributed by atoms with Crippen molar-refractivity contribution in [1.82, 2.24) is 15.1 Å². The molecule has 0 radical (unpaired) electrons. The van der Waals surface area contributed by atoms with E-state index in [4.69, 9.17) is 4.74 Å². The van der Waals surface area contributed by atoms with E-state index in [9.17, 15) is 19.1 Å². The van der Waals surface area contributed by atoms with Crippen LogP contribution in [0, 0.1) is 12.7 Å². The van der Waals surface area contributed by atoms with E-state index in [1.807, 2.05) is 25.1 Å². The fourth-order valence-corrected chi connectivity index (χ4v) is 3.83. The second-order valence-corrected chi connectivity index (χ2v) is 7.94. The first kappa shape index (κ1) is 21.5. The molecule has 1 heterocycles. The average molecular weight is 437 g/mol. The van der Waals surface area contributed by atoms with Gasteiger partial charge in [0.2, 0.25) is 0 Å². The zero-order valence-corrected chi connectivity index (χ0v) is 17.8. The molecule has 7 nitrogen and oxygen atoms in total. The molecule has 32 heavy (non-hydrogen) atoms. The second-order valence-electron chi connectivity index (χ2n) is 7.94. The van der Waals surface area contributed by atoms with Gasteiger partial charge in [0.15, 0.2) is 11.4 Å². The van der Waals surface area contributed by atoms with Crippen LogP contribution in [0.2, 0.25) is 0 Å². The SMILES string of the molecule is COc1c(C(=O)N[C@@H](CC(=O)O)c2cccc(C)c2)nn(-c2ccccc2F)c1C1CC1. The number of nitrogens with one attached hydrogen (secondary N) is 1. The molecule has 0 unspecified atom stereocenters. The minimum atomic E-state index is -1.04. The lowest BCUT2D eigenvalue weighted by atomic mass is 10.0. The first-order valence-corrected chi connectivity index (χ1v) is 10.4. The van der Waals surface area contributed by atoms with E-state index in [-0.39, 0.29) is 29.5 Å². The Kier molecular flexibility index (Phi) is 5.94. The molecule has 2 aromatic carbocycles. The normalized spacial score (nSPS) is 14.1. The van der Waals surface area contributed by atoms with Gasteiger partial charge in [0.1, 0.15) is 11.5 Å². The summed E-state index contributed by atoms with van der Waals surface area (Å²) < 4.78 is 21.5. The Morgan fingerprint density at radius 3 is 2.62 bits per heavy atom. The Balaban J connectivity index is 1.73. The molecule has 0 spiro atoms. The Bertz CT molecular complexity index is 1170. The Morgan fingerprint density at radius 2 is 2.00 bits per heavy atom. The topological polar surface area (TPSA) is 93.4 Å². The van der Waals surface area contributed by atoms with E-state index >= 15 is 0 Å². The highest BCUT2D eigenvalue weighted by molar-refractivity contribution is 5.96. The smallest absolute Gasteiger partial charge is 0.305 e. The third-order valence-electron chi connectivity index (χ3n) is 5.47. The summed E-state index contributed by atoms with van der Waals surface area (Å²) in [7, 11) is 1.45. The van der Waals surface area contributed by atoms with Crippen molar-refractivity contribution in [2.24, 2.45) is 0 Å². The van der Waals surface area contributed by atoms with Crippen LogP contribution < -0.4 is 10.1 Å². The van der Waals surface area contributed by atoms with Gasteiger partial charge in [0.05, 0.1) is 25.3 Å². The minimum absolute atomic E-state index is 0.000643. The number of carbonyl (C=O) groups is 2. The number of methoxy groups -OCH3 is 1. The van der Waals surface area contributed by atoms with Gasteiger partial charge in [-0.25, -0.2) is 9.07 Å². The Labute approximate surface area is 184 Å². The number of rotatable bonds is 8. The van der Waals surface area contributed by atoms with Crippen LogP contribution in [-0.4, -0.2) is 33.9 Å². The van der Waals surface area contributed by atoms with Gasteiger partial charge in [0, 0.05) is 5.92 Å². The maximum absolute atomic E-state index is 14.5. The summed E-state index contributed by atoms with van der Waals surface area (Å²) in [4.78, 5) is 24.7. The summed E-state index contributed by atoms with van der Waals surface area (Å²) in [6, 6.07) is 12.8. The standard InChI is InChI=1S/C24H24FN3O4/c1-14-6-5-7-16(12-14)18(13-20(29)30)26-24(31)21-23(32-2)22(15-10-11-15)28(27-21)19-9-4-3-8-17(19)25/h3-9,12,15,18H,10-11,13H2,1-2H3,(H,26,31)(H,29,30)/t18-/m0/s1. The highest BCUT2D eigenvalue weighted by atomic mass is 19.1. The Hall–Kier alpha value is -3.68. The van der Waals surface area contributed by atoms with Gasteiger partial charge in [-0.1, -0.05) is 42.0 Å². The number of carboxylic acid groups (broad SMARTS) is 1. The molecular weight excluding hydrogens is 413 g/mol. The lowest BCUT2D eigenvalue weighted by Gasteiger charge is -2.17. The van der Waals surface area contributed by atoms with Gasteiger partial charge in [-0.15, -0.1) is 0 Å². The molecule has 0 bridgehead atoms. The van der Waals surface area contributed by atoms with Crippen LogP contribution >= 0.6 is 0 Å². The summed E-state index contributed by atoms with van der Waals surface area (Å²) in [6.45, 7) is 1.89. The fraction of sp³-hybridized carbons (Fsp3) is 0.292. The van der Waals surface area contributed by atoms with Crippen LogP contribution in [0.1, 0.15) is 58.5 Å². The summed E-state index contributed by atoms with van der Waals surface area (Å²) >= 11 is 0. The number of nitrogens with zero attached hydrogens (tertiary/aromatic N) is 2. The van der Waals surface area contributed by atoms with Crippen molar-refractivity contribution in [2.45, 2.75) is 38.1 Å². The quantitative estimate of drug-likeness (QED) is 0.552. The number of ether oxygens (including phenoxy) is 1. The van der Waals surface area contributed by atoms with Crippen LogP contribution in [0.5, 0.6) is 5.75 Å². The number of aryl methyl sites for hydroxylation is 1. The molecule has 1 aromatic heterocycles. The van der Waals surface area contributed by atoms with Gasteiger partial charge in [0.25, 0.3) is 5.91 Å². The largest absolute Gasteiger partial charge is 0.492 e. The van der Waals surface area contributed by atoms with E-state index in [0.29, 0.717) is 11.3 Å². The number of carboxylic acids is 1. The minimum Gasteiger partial charge on any atom is -0.492 e. The summed E-state index contributed by atoms with van der Waals surface area (Å²) in [5, 5.41) is 16.6. The molecule has 1 amide bonds. The fourth-order valence-electron chi connectivity index (χ4n) is 3.83. The number of hydrogen-bond acceptors (Lipinski definition) is 4. The molecule has 1 saturated carbocycles. The number of aliphatic carboxylic acids is 1. The number of carbonyl (C=O) groups excluding carboxylic acids is 1. The first-order chi connectivity index (χ1) is 15.4. The predicted octanol–water partition coefficient (Wildman–Crippen LogP) is 4.15. The van der Waals surface area contributed by atoms with E-state index in [1.165, 1.54) is 17.9 Å². The Morgan fingerprint density at radius 1 is 1.25 bits per heavy atom. The number of amides is 1. The van der Waals surface area contributed by atoms with Crippen LogP contribution in [0.25, 0.3) is 5.69 Å². The maximum Gasteiger partial charge on any atom is 0.305 e. The van der Waals surface area contributed by atoms with Crippen molar-refractivity contribution >= 4 is 11.9 Å². The molecule has 1 atom stereocenters. The monoisotopic (exact) mass is 437 g/mol. The highest BCUT2D eigenvalue weighted by Crippen LogP contribution is 2.46. The second kappa shape index (κ2) is 8.82. The zero-order valence-electron chi connectivity index (χ0n) is 17.8. The molecule has 1 aliphatic carbocycles. The van der Waals surface area contributed by atoms with Gasteiger partial charge >= 0.3 is 5.97 Å². The average Bonchev–Trinajstić information content (AvgIpc) is 3.52. The first-order valence-electron chi connectivity index (χ1n) is 10.4.